The van der Waals surface area contributed by atoms with Gasteiger partial charge in [0.05, 0.1) is 6.10 Å². The number of hydrogen-bond acceptors (Lipinski definition) is 4. The molecule has 2 saturated carbocycles. The molecule has 0 aromatic carbocycles. The smallest absolute Gasteiger partial charge is 0.378 e. The molecule has 2 aliphatic carbocycles. The molecule has 0 bridgehead atoms. The molecular formula is C28H56O4Si. The molecule has 0 heterocycles. The van der Waals surface area contributed by atoms with Crippen molar-refractivity contribution in [3.8, 4) is 0 Å². The molecule has 0 amide bonds. The summed E-state index contributed by atoms with van der Waals surface area (Å²) in [5, 5.41) is 0. The monoisotopic (exact) mass is 484 g/mol. The highest BCUT2D eigenvalue weighted by molar-refractivity contribution is 6.60. The molecule has 4 nitrogen and oxygen atoms in total. The van der Waals surface area contributed by atoms with E-state index in [-0.39, 0.29) is 0 Å². The molecule has 0 N–H and O–H groups in total. The van der Waals surface area contributed by atoms with Crippen LogP contribution in [0.25, 0.3) is 0 Å². The summed E-state index contributed by atoms with van der Waals surface area (Å²) < 4.78 is 24.2. The maximum Gasteiger partial charge on any atom is 0.501 e. The highest BCUT2D eigenvalue weighted by Crippen LogP contribution is 2.41. The van der Waals surface area contributed by atoms with Crippen molar-refractivity contribution in [3.63, 3.8) is 0 Å². The molecule has 5 heteroatoms. The van der Waals surface area contributed by atoms with Crippen molar-refractivity contribution in [1.29, 1.82) is 0 Å². The van der Waals surface area contributed by atoms with Gasteiger partial charge in [-0.15, -0.1) is 0 Å². The summed E-state index contributed by atoms with van der Waals surface area (Å²) >= 11 is 0. The minimum Gasteiger partial charge on any atom is -0.378 e. The van der Waals surface area contributed by atoms with E-state index in [0.29, 0.717) is 25.9 Å². The minimum atomic E-state index is -2.52. The van der Waals surface area contributed by atoms with Gasteiger partial charge in [-0.2, -0.15) is 0 Å². The van der Waals surface area contributed by atoms with Crippen LogP contribution in [0.1, 0.15) is 124 Å². The number of ether oxygens (including phenoxy) is 1. The van der Waals surface area contributed by atoms with Crippen LogP contribution in [0.5, 0.6) is 0 Å². The molecule has 2 rings (SSSR count). The lowest BCUT2D eigenvalue weighted by atomic mass is 9.70. The van der Waals surface area contributed by atoms with Crippen molar-refractivity contribution in [2.24, 2.45) is 17.8 Å². The van der Waals surface area contributed by atoms with Crippen LogP contribution in [-0.2, 0) is 18.0 Å². The van der Waals surface area contributed by atoms with Crippen LogP contribution in [-0.4, -0.2) is 41.3 Å². The molecule has 0 spiro atoms. The van der Waals surface area contributed by atoms with Crippen LogP contribution < -0.4 is 0 Å². The number of unbranched alkanes of at least 4 members (excludes halogenated alkanes) is 4. The summed E-state index contributed by atoms with van der Waals surface area (Å²) in [5.41, 5.74) is 0. The summed E-state index contributed by atoms with van der Waals surface area (Å²) in [6.07, 6.45) is 21.4. The summed E-state index contributed by atoms with van der Waals surface area (Å²) in [6, 6.07) is 0.861. The normalized spacial score (nSPS) is 26.5. The zero-order valence-corrected chi connectivity index (χ0v) is 23.6. The molecule has 0 aliphatic heterocycles. The Bertz CT molecular complexity index is 442. The Morgan fingerprint density at radius 3 is 1.70 bits per heavy atom. The van der Waals surface area contributed by atoms with E-state index in [1.54, 1.807) is 0 Å². The van der Waals surface area contributed by atoms with Gasteiger partial charge in [-0.05, 0) is 83.5 Å². The Kier molecular flexibility index (Phi) is 15.5. The van der Waals surface area contributed by atoms with E-state index in [4.69, 9.17) is 18.0 Å². The maximum absolute atomic E-state index is 6.29. The second-order valence-electron chi connectivity index (χ2n) is 10.5. The first kappa shape index (κ1) is 29.3. The van der Waals surface area contributed by atoms with Gasteiger partial charge >= 0.3 is 8.80 Å². The molecule has 0 saturated heterocycles. The van der Waals surface area contributed by atoms with Crippen LogP contribution in [0.4, 0.5) is 0 Å². The van der Waals surface area contributed by atoms with Gasteiger partial charge in [0.15, 0.2) is 0 Å². The third kappa shape index (κ3) is 11.1. The van der Waals surface area contributed by atoms with E-state index in [0.717, 1.165) is 36.8 Å². The van der Waals surface area contributed by atoms with Crippen LogP contribution >= 0.6 is 0 Å². The van der Waals surface area contributed by atoms with Crippen molar-refractivity contribution in [2.75, 3.05) is 26.4 Å². The Labute approximate surface area is 207 Å². The predicted octanol–water partition coefficient (Wildman–Crippen LogP) is 8.17. The molecule has 0 radical (unpaired) electrons. The molecule has 33 heavy (non-hydrogen) atoms. The van der Waals surface area contributed by atoms with E-state index in [2.05, 4.69) is 6.92 Å². The van der Waals surface area contributed by atoms with E-state index >= 15 is 0 Å². The molecule has 2 aliphatic rings. The fourth-order valence-electron chi connectivity index (χ4n) is 6.25. The first-order chi connectivity index (χ1) is 16.2. The van der Waals surface area contributed by atoms with E-state index in [1.165, 1.54) is 89.9 Å². The van der Waals surface area contributed by atoms with Crippen molar-refractivity contribution in [3.05, 3.63) is 0 Å². The van der Waals surface area contributed by atoms with Crippen molar-refractivity contribution in [2.45, 2.75) is 136 Å². The molecule has 196 valence electrons. The Morgan fingerprint density at radius 1 is 0.606 bits per heavy atom. The van der Waals surface area contributed by atoms with E-state index in [9.17, 15) is 0 Å². The summed E-state index contributed by atoms with van der Waals surface area (Å²) in [4.78, 5) is 0. The molecule has 0 aromatic heterocycles. The standard InChI is InChI=1S/C28H56O4Si/c1-5-9-10-11-12-14-25-15-17-26(18-16-25)27-19-21-28(22-20-27)29-23-13-24-33(30-6-2,31-7-3)32-8-4/h25-28H,5-24H2,1-4H3/t25-,26-,27-,28-. The highest BCUT2D eigenvalue weighted by atomic mass is 28.4. The summed E-state index contributed by atoms with van der Waals surface area (Å²) in [6.45, 7) is 11.1. The maximum atomic E-state index is 6.29. The Balaban J connectivity index is 1.57. The van der Waals surface area contributed by atoms with Crippen LogP contribution in [0, 0.1) is 17.8 Å². The largest absolute Gasteiger partial charge is 0.501 e. The van der Waals surface area contributed by atoms with Crippen molar-refractivity contribution in [1.82, 2.24) is 0 Å². The van der Waals surface area contributed by atoms with Gasteiger partial charge in [-0.25, -0.2) is 0 Å². The highest BCUT2D eigenvalue weighted by Gasteiger charge is 2.39. The van der Waals surface area contributed by atoms with Crippen molar-refractivity contribution >= 4 is 8.80 Å². The van der Waals surface area contributed by atoms with Crippen LogP contribution in [0.2, 0.25) is 6.04 Å². The average molecular weight is 485 g/mol. The van der Waals surface area contributed by atoms with Crippen LogP contribution in [0.15, 0.2) is 0 Å². The third-order valence-corrected chi connectivity index (χ3v) is 11.2. The molecule has 2 fully saturated rings. The summed E-state index contributed by atoms with van der Waals surface area (Å²) in [5.74, 6) is 2.99. The lowest BCUT2D eigenvalue weighted by Crippen LogP contribution is -2.46. The fourth-order valence-corrected chi connectivity index (χ4v) is 8.83. The van der Waals surface area contributed by atoms with Gasteiger partial charge in [0.1, 0.15) is 0 Å². The number of hydrogen-bond donors (Lipinski definition) is 0. The fraction of sp³-hybridized carbons (Fsp3) is 1.00. The second kappa shape index (κ2) is 17.5. The van der Waals surface area contributed by atoms with E-state index in [1.807, 2.05) is 20.8 Å². The molecule has 0 unspecified atom stereocenters. The number of rotatable bonds is 18. The van der Waals surface area contributed by atoms with Crippen molar-refractivity contribution < 1.29 is 18.0 Å². The minimum absolute atomic E-state index is 0.461. The van der Waals surface area contributed by atoms with Crippen LogP contribution in [0.3, 0.4) is 0 Å². The molecular weight excluding hydrogens is 428 g/mol. The quantitative estimate of drug-likeness (QED) is 0.145. The third-order valence-electron chi connectivity index (χ3n) is 8.07. The van der Waals surface area contributed by atoms with Gasteiger partial charge in [0.2, 0.25) is 0 Å². The zero-order chi connectivity index (χ0) is 23.8. The van der Waals surface area contributed by atoms with Gasteiger partial charge in [0.25, 0.3) is 0 Å². The van der Waals surface area contributed by atoms with E-state index < -0.39 is 8.80 Å². The lowest BCUT2D eigenvalue weighted by Gasteiger charge is -2.38. The molecule has 0 aromatic rings. The SMILES string of the molecule is CCCCCCC[C@H]1CC[C@H]([C@H]2CC[C@H](OCCC[Si](OCC)(OCC)OCC)CC2)CC1. The van der Waals surface area contributed by atoms with Gasteiger partial charge in [-0.1, -0.05) is 58.3 Å². The zero-order valence-electron chi connectivity index (χ0n) is 22.6. The predicted molar refractivity (Wildman–Crippen MR) is 141 cm³/mol. The average Bonchev–Trinajstić information content (AvgIpc) is 2.83. The second-order valence-corrected chi connectivity index (χ2v) is 13.2. The van der Waals surface area contributed by atoms with Gasteiger partial charge in [-0.3, -0.25) is 0 Å². The van der Waals surface area contributed by atoms with Gasteiger partial charge < -0.3 is 18.0 Å². The topological polar surface area (TPSA) is 36.9 Å². The first-order valence-corrected chi connectivity index (χ1v) is 16.6. The Morgan fingerprint density at radius 2 is 1.15 bits per heavy atom. The van der Waals surface area contributed by atoms with Gasteiger partial charge in [0, 0.05) is 32.5 Å². The summed E-state index contributed by atoms with van der Waals surface area (Å²) in [7, 11) is -2.52. The molecule has 0 atom stereocenters. The Hall–Kier alpha value is 0.0569. The first-order valence-electron chi connectivity index (χ1n) is 14.7. The lowest BCUT2D eigenvalue weighted by molar-refractivity contribution is 0.00424.